The van der Waals surface area contributed by atoms with Gasteiger partial charge in [0.15, 0.2) is 0 Å². The van der Waals surface area contributed by atoms with E-state index in [0.29, 0.717) is 13.1 Å². The van der Waals surface area contributed by atoms with Crippen LogP contribution in [0.3, 0.4) is 0 Å². The van der Waals surface area contributed by atoms with Gasteiger partial charge in [-0.1, -0.05) is 37.1 Å². The molecule has 0 heterocycles. The summed E-state index contributed by atoms with van der Waals surface area (Å²) in [6.45, 7) is 2.06. The van der Waals surface area contributed by atoms with Gasteiger partial charge in [0.2, 0.25) is 0 Å². The van der Waals surface area contributed by atoms with E-state index in [2.05, 4.69) is 34.5 Å². The van der Waals surface area contributed by atoms with Gasteiger partial charge in [-0.15, -0.1) is 0 Å². The maximum atomic E-state index is 12.2. The Morgan fingerprint density at radius 3 is 2.38 bits per heavy atom. The molecule has 0 aliphatic heterocycles. The number of urea groups is 1. The number of aliphatic hydroxyl groups is 1. The summed E-state index contributed by atoms with van der Waals surface area (Å²) in [6, 6.07) is 8.24. The van der Waals surface area contributed by atoms with Crippen LogP contribution in [-0.4, -0.2) is 54.7 Å². The standard InChI is InChI=1S/C19H31N3O2/c1-21(2)13-16-10-8-15(9-11-16)12-20-19(24)22(3)14-17-6-4-5-7-18(17)23/h8-11,17-18,23H,4-7,12-14H2,1-3H3,(H,20,24). The van der Waals surface area contributed by atoms with E-state index >= 15 is 0 Å². The molecule has 1 aliphatic rings. The van der Waals surface area contributed by atoms with E-state index in [9.17, 15) is 9.90 Å². The molecule has 0 aromatic heterocycles. The van der Waals surface area contributed by atoms with Crippen molar-refractivity contribution in [3.05, 3.63) is 35.4 Å². The molecule has 1 aliphatic carbocycles. The van der Waals surface area contributed by atoms with Crippen LogP contribution >= 0.6 is 0 Å². The lowest BCUT2D eigenvalue weighted by atomic mass is 9.86. The molecule has 134 valence electrons. The number of rotatable bonds is 6. The van der Waals surface area contributed by atoms with Crippen molar-refractivity contribution in [2.24, 2.45) is 5.92 Å². The van der Waals surface area contributed by atoms with Gasteiger partial charge in [0.1, 0.15) is 0 Å². The average molecular weight is 333 g/mol. The Labute approximate surface area is 145 Å². The molecular formula is C19H31N3O2. The summed E-state index contributed by atoms with van der Waals surface area (Å²) in [6.07, 6.45) is 3.85. The number of nitrogens with zero attached hydrogens (tertiary/aromatic N) is 2. The molecule has 1 saturated carbocycles. The van der Waals surface area contributed by atoms with Crippen LogP contribution < -0.4 is 5.32 Å². The van der Waals surface area contributed by atoms with Crippen molar-refractivity contribution in [3.63, 3.8) is 0 Å². The van der Waals surface area contributed by atoms with Gasteiger partial charge in [-0.25, -0.2) is 4.79 Å². The SMILES string of the molecule is CN(C)Cc1ccc(CNC(=O)N(C)CC2CCCCC2O)cc1. The smallest absolute Gasteiger partial charge is 0.317 e. The first kappa shape index (κ1) is 18.7. The average Bonchev–Trinajstić information content (AvgIpc) is 2.55. The molecule has 2 unspecified atom stereocenters. The van der Waals surface area contributed by atoms with Crippen LogP contribution in [0.15, 0.2) is 24.3 Å². The van der Waals surface area contributed by atoms with E-state index in [1.54, 1.807) is 11.9 Å². The highest BCUT2D eigenvalue weighted by Crippen LogP contribution is 2.24. The highest BCUT2D eigenvalue weighted by molar-refractivity contribution is 5.73. The van der Waals surface area contributed by atoms with E-state index in [1.165, 1.54) is 5.56 Å². The zero-order chi connectivity index (χ0) is 17.5. The van der Waals surface area contributed by atoms with Gasteiger partial charge in [-0.3, -0.25) is 0 Å². The summed E-state index contributed by atoms with van der Waals surface area (Å²) in [5.74, 6) is 0.208. The van der Waals surface area contributed by atoms with Crippen molar-refractivity contribution in [1.29, 1.82) is 0 Å². The van der Waals surface area contributed by atoms with Crippen LogP contribution in [-0.2, 0) is 13.1 Å². The molecule has 5 nitrogen and oxygen atoms in total. The molecule has 1 fully saturated rings. The van der Waals surface area contributed by atoms with Crippen molar-refractivity contribution in [1.82, 2.24) is 15.1 Å². The Balaban J connectivity index is 1.77. The van der Waals surface area contributed by atoms with Crippen molar-refractivity contribution in [2.45, 2.75) is 44.9 Å². The maximum absolute atomic E-state index is 12.2. The second-order valence-electron chi connectivity index (χ2n) is 7.21. The van der Waals surface area contributed by atoms with E-state index in [-0.39, 0.29) is 18.1 Å². The first-order valence-corrected chi connectivity index (χ1v) is 8.85. The second kappa shape index (κ2) is 9.04. The molecule has 2 amide bonds. The lowest BCUT2D eigenvalue weighted by molar-refractivity contribution is 0.0565. The van der Waals surface area contributed by atoms with Crippen molar-refractivity contribution < 1.29 is 9.90 Å². The van der Waals surface area contributed by atoms with Crippen LogP contribution in [0.5, 0.6) is 0 Å². The summed E-state index contributed by atoms with van der Waals surface area (Å²) in [7, 11) is 5.90. The van der Waals surface area contributed by atoms with E-state index in [0.717, 1.165) is 37.8 Å². The number of aliphatic hydroxyl groups excluding tert-OH is 1. The Kier molecular flexibility index (Phi) is 7.06. The summed E-state index contributed by atoms with van der Waals surface area (Å²) in [5.41, 5.74) is 2.36. The molecule has 1 aromatic rings. The third-order valence-corrected chi connectivity index (χ3v) is 4.69. The summed E-state index contributed by atoms with van der Waals surface area (Å²) < 4.78 is 0. The van der Waals surface area contributed by atoms with Crippen LogP contribution in [0.1, 0.15) is 36.8 Å². The topological polar surface area (TPSA) is 55.8 Å². The Bertz CT molecular complexity index is 516. The number of carbonyl (C=O) groups is 1. The third kappa shape index (κ3) is 5.80. The predicted molar refractivity (Wildman–Crippen MR) is 96.7 cm³/mol. The first-order valence-electron chi connectivity index (χ1n) is 8.85. The number of amides is 2. The van der Waals surface area contributed by atoms with Gasteiger partial charge in [-0.2, -0.15) is 0 Å². The normalized spacial score (nSPS) is 20.9. The van der Waals surface area contributed by atoms with Crippen molar-refractivity contribution >= 4 is 6.03 Å². The molecule has 0 saturated heterocycles. The van der Waals surface area contributed by atoms with Crippen molar-refractivity contribution in [3.8, 4) is 0 Å². The summed E-state index contributed by atoms with van der Waals surface area (Å²) in [4.78, 5) is 16.1. The van der Waals surface area contributed by atoms with Crippen molar-refractivity contribution in [2.75, 3.05) is 27.7 Å². The molecule has 0 spiro atoms. The number of nitrogens with one attached hydrogen (secondary N) is 1. The molecular weight excluding hydrogens is 302 g/mol. The fraction of sp³-hybridized carbons (Fsp3) is 0.632. The zero-order valence-electron chi connectivity index (χ0n) is 15.2. The van der Waals surface area contributed by atoms with E-state index < -0.39 is 0 Å². The monoisotopic (exact) mass is 333 g/mol. The number of benzene rings is 1. The Hall–Kier alpha value is -1.59. The van der Waals surface area contributed by atoms with Gasteiger partial charge in [0, 0.05) is 32.6 Å². The third-order valence-electron chi connectivity index (χ3n) is 4.69. The lowest BCUT2D eigenvalue weighted by Crippen LogP contribution is -2.42. The quantitative estimate of drug-likeness (QED) is 0.841. The second-order valence-corrected chi connectivity index (χ2v) is 7.21. The number of hydrogen-bond donors (Lipinski definition) is 2. The van der Waals surface area contributed by atoms with E-state index in [1.807, 2.05) is 14.1 Å². The Morgan fingerprint density at radius 2 is 1.75 bits per heavy atom. The minimum absolute atomic E-state index is 0.0786. The first-order chi connectivity index (χ1) is 11.5. The molecule has 2 rings (SSSR count). The molecule has 5 heteroatoms. The summed E-state index contributed by atoms with van der Waals surface area (Å²) in [5, 5.41) is 13.0. The Morgan fingerprint density at radius 1 is 1.12 bits per heavy atom. The predicted octanol–water partition coefficient (Wildman–Crippen LogP) is 2.44. The molecule has 2 N–H and O–H groups in total. The molecule has 0 radical (unpaired) electrons. The minimum Gasteiger partial charge on any atom is -0.393 e. The number of carbonyl (C=O) groups excluding carboxylic acids is 1. The molecule has 0 bridgehead atoms. The van der Waals surface area contributed by atoms with Gasteiger partial charge < -0.3 is 20.2 Å². The molecule has 24 heavy (non-hydrogen) atoms. The van der Waals surface area contributed by atoms with Gasteiger partial charge in [0.25, 0.3) is 0 Å². The summed E-state index contributed by atoms with van der Waals surface area (Å²) >= 11 is 0. The minimum atomic E-state index is -0.266. The molecule has 2 atom stereocenters. The van der Waals surface area contributed by atoms with Crippen LogP contribution in [0.4, 0.5) is 4.79 Å². The van der Waals surface area contributed by atoms with Gasteiger partial charge in [-0.05, 0) is 38.1 Å². The molecule has 1 aromatic carbocycles. The highest BCUT2D eigenvalue weighted by atomic mass is 16.3. The van der Waals surface area contributed by atoms with E-state index in [4.69, 9.17) is 0 Å². The van der Waals surface area contributed by atoms with Gasteiger partial charge in [0.05, 0.1) is 6.10 Å². The lowest BCUT2D eigenvalue weighted by Gasteiger charge is -2.31. The fourth-order valence-corrected chi connectivity index (χ4v) is 3.28. The van der Waals surface area contributed by atoms with Crippen LogP contribution in [0.2, 0.25) is 0 Å². The van der Waals surface area contributed by atoms with Crippen LogP contribution in [0, 0.1) is 5.92 Å². The highest BCUT2D eigenvalue weighted by Gasteiger charge is 2.25. The fourth-order valence-electron chi connectivity index (χ4n) is 3.28. The van der Waals surface area contributed by atoms with Gasteiger partial charge >= 0.3 is 6.03 Å². The van der Waals surface area contributed by atoms with Crippen LogP contribution in [0.25, 0.3) is 0 Å². The number of hydrogen-bond acceptors (Lipinski definition) is 3. The zero-order valence-corrected chi connectivity index (χ0v) is 15.2. The maximum Gasteiger partial charge on any atom is 0.317 e. The largest absolute Gasteiger partial charge is 0.393 e.